The summed E-state index contributed by atoms with van der Waals surface area (Å²) in [5.41, 5.74) is -0.395. The highest BCUT2D eigenvalue weighted by Crippen LogP contribution is 2.40. The molecule has 0 unspecified atom stereocenters. The van der Waals surface area contributed by atoms with Gasteiger partial charge in [0.2, 0.25) is 5.91 Å². The summed E-state index contributed by atoms with van der Waals surface area (Å²) >= 11 is 0. The fourth-order valence-electron chi connectivity index (χ4n) is 3.91. The second-order valence-corrected chi connectivity index (χ2v) is 6.68. The van der Waals surface area contributed by atoms with Crippen LogP contribution in [0.5, 0.6) is 5.75 Å². The Hall–Kier alpha value is -2.70. The average molecular weight is 340 g/mol. The Morgan fingerprint density at radius 1 is 1.24 bits per heavy atom. The van der Waals surface area contributed by atoms with Gasteiger partial charge >= 0.3 is 5.69 Å². The molecule has 2 aromatic rings. The number of amides is 1. The lowest BCUT2D eigenvalue weighted by Gasteiger charge is -2.22. The van der Waals surface area contributed by atoms with E-state index in [1.54, 1.807) is 24.7 Å². The molecule has 3 atom stereocenters. The molecule has 4 rings (SSSR count). The minimum atomic E-state index is -0.395. The number of ether oxygens (including phenoxy) is 1. The summed E-state index contributed by atoms with van der Waals surface area (Å²) < 4.78 is 7.44. The summed E-state index contributed by atoms with van der Waals surface area (Å²) in [6, 6.07) is 5.43. The highest BCUT2D eigenvalue weighted by Gasteiger charge is 2.45. The molecule has 2 aliphatic rings. The summed E-state index contributed by atoms with van der Waals surface area (Å²) in [5, 5.41) is 0. The third-order valence-corrected chi connectivity index (χ3v) is 5.15. The van der Waals surface area contributed by atoms with Gasteiger partial charge in [-0.2, -0.15) is 0 Å². The van der Waals surface area contributed by atoms with Gasteiger partial charge in [-0.1, -0.05) is 0 Å². The lowest BCUT2D eigenvalue weighted by Crippen LogP contribution is -2.37. The number of rotatable bonds is 4. The van der Waals surface area contributed by atoms with E-state index in [1.807, 2.05) is 17.0 Å². The van der Waals surface area contributed by atoms with E-state index in [2.05, 4.69) is 9.97 Å². The Labute approximate surface area is 145 Å². The predicted molar refractivity (Wildman–Crippen MR) is 89.9 cm³/mol. The molecule has 1 aliphatic carbocycles. The molecule has 7 nitrogen and oxygen atoms in total. The summed E-state index contributed by atoms with van der Waals surface area (Å²) in [6.07, 6.45) is 8.66. The van der Waals surface area contributed by atoms with Crippen molar-refractivity contribution in [2.75, 3.05) is 13.1 Å². The molecular formula is C18H20N4O3. The van der Waals surface area contributed by atoms with E-state index in [0.29, 0.717) is 18.4 Å². The molecule has 25 heavy (non-hydrogen) atoms. The average Bonchev–Trinajstić information content (AvgIpc) is 3.20. The van der Waals surface area contributed by atoms with E-state index < -0.39 is 5.69 Å². The number of hydrogen-bond donors (Lipinski definition) is 0. The van der Waals surface area contributed by atoms with Crippen LogP contribution in [0, 0.1) is 11.8 Å². The molecule has 0 spiro atoms. The van der Waals surface area contributed by atoms with Gasteiger partial charge in [-0.05, 0) is 37.0 Å². The van der Waals surface area contributed by atoms with Gasteiger partial charge in [-0.15, -0.1) is 0 Å². The van der Waals surface area contributed by atoms with E-state index >= 15 is 0 Å². The Morgan fingerprint density at radius 2 is 2.16 bits per heavy atom. The number of carbonyl (C=O) groups excluding carboxylic acids is 1. The van der Waals surface area contributed by atoms with Gasteiger partial charge in [-0.25, -0.2) is 9.78 Å². The maximum absolute atomic E-state index is 12.6. The molecule has 1 aliphatic heterocycles. The molecule has 0 aromatic carbocycles. The van der Waals surface area contributed by atoms with Crippen molar-refractivity contribution in [3.63, 3.8) is 0 Å². The monoisotopic (exact) mass is 340 g/mol. The van der Waals surface area contributed by atoms with Crippen molar-refractivity contribution in [3.05, 3.63) is 53.5 Å². The number of fused-ring (bicyclic) bond motifs is 1. The van der Waals surface area contributed by atoms with Crippen LogP contribution in [0.4, 0.5) is 0 Å². The Balaban J connectivity index is 1.40. The molecule has 0 N–H and O–H groups in total. The zero-order chi connectivity index (χ0) is 17.2. The van der Waals surface area contributed by atoms with Crippen molar-refractivity contribution in [1.29, 1.82) is 0 Å². The molecule has 130 valence electrons. The van der Waals surface area contributed by atoms with E-state index in [1.165, 1.54) is 10.8 Å². The summed E-state index contributed by atoms with van der Waals surface area (Å²) in [7, 11) is 0. The molecule has 1 amide bonds. The van der Waals surface area contributed by atoms with E-state index in [-0.39, 0.29) is 18.6 Å². The van der Waals surface area contributed by atoms with Crippen LogP contribution < -0.4 is 10.4 Å². The summed E-state index contributed by atoms with van der Waals surface area (Å²) in [6.45, 7) is 1.47. The second-order valence-electron chi connectivity index (χ2n) is 6.68. The molecule has 2 aromatic heterocycles. The lowest BCUT2D eigenvalue weighted by atomic mass is 9.99. The first-order valence-corrected chi connectivity index (χ1v) is 8.56. The maximum atomic E-state index is 12.6. The third-order valence-electron chi connectivity index (χ3n) is 5.15. The SMILES string of the molecule is O=C(Cn1cccnc1=O)N1C[C@H]2CC[C@H](Oc3cccnc3)[C@H]2C1. The normalized spacial score (nSPS) is 25.0. The third kappa shape index (κ3) is 3.26. The Morgan fingerprint density at radius 3 is 2.96 bits per heavy atom. The minimum Gasteiger partial charge on any atom is -0.488 e. The highest BCUT2D eigenvalue weighted by atomic mass is 16.5. The fourth-order valence-corrected chi connectivity index (χ4v) is 3.91. The first-order valence-electron chi connectivity index (χ1n) is 8.56. The maximum Gasteiger partial charge on any atom is 0.347 e. The van der Waals surface area contributed by atoms with Crippen molar-refractivity contribution < 1.29 is 9.53 Å². The Bertz CT molecular complexity index is 807. The smallest absolute Gasteiger partial charge is 0.347 e. The van der Waals surface area contributed by atoms with E-state index in [9.17, 15) is 9.59 Å². The summed E-state index contributed by atoms with van der Waals surface area (Å²) in [5.74, 6) is 1.55. The minimum absolute atomic E-state index is 0.0374. The topological polar surface area (TPSA) is 77.3 Å². The van der Waals surface area contributed by atoms with Gasteiger partial charge in [0.25, 0.3) is 0 Å². The van der Waals surface area contributed by atoms with Crippen LogP contribution in [0.1, 0.15) is 12.8 Å². The molecule has 3 heterocycles. The first kappa shape index (κ1) is 15.8. The highest BCUT2D eigenvalue weighted by molar-refractivity contribution is 5.76. The number of carbonyl (C=O) groups is 1. The first-order chi connectivity index (χ1) is 12.2. The van der Waals surface area contributed by atoms with Crippen molar-refractivity contribution >= 4 is 5.91 Å². The number of nitrogens with zero attached hydrogens (tertiary/aromatic N) is 4. The van der Waals surface area contributed by atoms with Crippen molar-refractivity contribution in [1.82, 2.24) is 19.4 Å². The largest absolute Gasteiger partial charge is 0.488 e. The number of aromatic nitrogens is 3. The molecule has 1 saturated carbocycles. The van der Waals surface area contributed by atoms with Crippen LogP contribution in [-0.2, 0) is 11.3 Å². The lowest BCUT2D eigenvalue weighted by molar-refractivity contribution is -0.131. The fraction of sp³-hybridized carbons (Fsp3) is 0.444. The quantitative estimate of drug-likeness (QED) is 0.828. The number of pyridine rings is 1. The van der Waals surface area contributed by atoms with E-state index in [0.717, 1.165) is 25.1 Å². The molecule has 0 bridgehead atoms. The van der Waals surface area contributed by atoms with E-state index in [4.69, 9.17) is 4.74 Å². The van der Waals surface area contributed by atoms with Crippen molar-refractivity contribution in [2.24, 2.45) is 11.8 Å². The van der Waals surface area contributed by atoms with Gasteiger partial charge in [0, 0.05) is 37.6 Å². The standard InChI is InChI=1S/C18H20N4O3/c23-17(12-21-8-2-7-20-18(21)24)22-10-13-4-5-16(15(13)11-22)25-14-3-1-6-19-9-14/h1-3,6-9,13,15-16H,4-5,10-12H2/t13-,15+,16+/m1/s1. The zero-order valence-corrected chi connectivity index (χ0v) is 13.8. The van der Waals surface area contributed by atoms with Crippen molar-refractivity contribution in [3.8, 4) is 5.75 Å². The molecule has 0 radical (unpaired) electrons. The zero-order valence-electron chi connectivity index (χ0n) is 13.8. The van der Waals surface area contributed by atoms with Gasteiger partial charge < -0.3 is 9.64 Å². The molecular weight excluding hydrogens is 320 g/mol. The van der Waals surface area contributed by atoms with Crippen LogP contribution >= 0.6 is 0 Å². The van der Waals surface area contributed by atoms with Crippen LogP contribution in [0.25, 0.3) is 0 Å². The molecule has 1 saturated heterocycles. The van der Waals surface area contributed by atoms with Gasteiger partial charge in [-0.3, -0.25) is 14.3 Å². The van der Waals surface area contributed by atoms with Crippen LogP contribution in [0.2, 0.25) is 0 Å². The van der Waals surface area contributed by atoms with Gasteiger partial charge in [0.1, 0.15) is 18.4 Å². The van der Waals surface area contributed by atoms with Crippen LogP contribution in [0.15, 0.2) is 47.8 Å². The van der Waals surface area contributed by atoms with Crippen molar-refractivity contribution in [2.45, 2.75) is 25.5 Å². The number of hydrogen-bond acceptors (Lipinski definition) is 5. The number of likely N-dealkylation sites (tertiary alicyclic amines) is 1. The molecule has 7 heteroatoms. The predicted octanol–water partition coefficient (Wildman–Crippen LogP) is 0.954. The second kappa shape index (κ2) is 6.66. The van der Waals surface area contributed by atoms with Crippen LogP contribution in [0.3, 0.4) is 0 Å². The van der Waals surface area contributed by atoms with Crippen LogP contribution in [-0.4, -0.2) is 44.5 Å². The van der Waals surface area contributed by atoms with Gasteiger partial charge in [0.15, 0.2) is 0 Å². The molecule has 2 fully saturated rings. The van der Waals surface area contributed by atoms with Gasteiger partial charge in [0.05, 0.1) is 6.20 Å². The Kier molecular flexibility index (Phi) is 4.21. The summed E-state index contributed by atoms with van der Waals surface area (Å²) in [4.78, 5) is 33.8.